The van der Waals surface area contributed by atoms with Gasteiger partial charge in [-0.15, -0.1) is 0 Å². The van der Waals surface area contributed by atoms with Crippen molar-refractivity contribution in [3.63, 3.8) is 0 Å². The molecule has 0 N–H and O–H groups in total. The van der Waals surface area contributed by atoms with E-state index in [2.05, 4.69) is 0 Å². The summed E-state index contributed by atoms with van der Waals surface area (Å²) in [5, 5.41) is 21.5. The lowest BCUT2D eigenvalue weighted by Gasteiger charge is -2.02. The number of carbonyl (C=O) groups is 2. The molecule has 0 saturated carbocycles. The first-order chi connectivity index (χ1) is 9.86. The van der Waals surface area contributed by atoms with E-state index < -0.39 is 33.4 Å². The van der Waals surface area contributed by atoms with Gasteiger partial charge in [0.25, 0.3) is 11.4 Å². The highest BCUT2D eigenvalue weighted by Crippen LogP contribution is 2.25. The minimum atomic E-state index is -0.864. The summed E-state index contributed by atoms with van der Waals surface area (Å²) in [6.07, 6.45) is 1.26. The van der Waals surface area contributed by atoms with E-state index in [1.807, 2.05) is 6.92 Å². The molecule has 1 rings (SSSR count). The zero-order chi connectivity index (χ0) is 16.0. The fourth-order valence-corrected chi connectivity index (χ4v) is 1.76. The molecule has 8 heteroatoms. The van der Waals surface area contributed by atoms with Crippen molar-refractivity contribution in [3.8, 4) is 0 Å². The molecule has 0 aliphatic rings. The van der Waals surface area contributed by atoms with Gasteiger partial charge in [-0.2, -0.15) is 0 Å². The Labute approximate surface area is 120 Å². The molecule has 0 aliphatic carbocycles. The van der Waals surface area contributed by atoms with Crippen LogP contribution in [0.1, 0.15) is 43.0 Å². The number of nitro benzene ring substituents is 2. The second-order valence-corrected chi connectivity index (χ2v) is 4.46. The smallest absolute Gasteiger partial charge is 0.287 e. The van der Waals surface area contributed by atoms with Crippen LogP contribution in [-0.2, 0) is 4.79 Å². The lowest BCUT2D eigenvalue weighted by Crippen LogP contribution is -2.10. The van der Waals surface area contributed by atoms with Gasteiger partial charge in [0.05, 0.1) is 27.9 Å². The van der Waals surface area contributed by atoms with Crippen LogP contribution in [0.15, 0.2) is 18.2 Å². The molecule has 112 valence electrons. The molecule has 0 unspecified atom stereocenters. The summed E-state index contributed by atoms with van der Waals surface area (Å²) >= 11 is 0. The first-order valence-corrected chi connectivity index (χ1v) is 6.34. The van der Waals surface area contributed by atoms with Crippen LogP contribution >= 0.6 is 0 Å². The Morgan fingerprint density at radius 2 is 1.81 bits per heavy atom. The summed E-state index contributed by atoms with van der Waals surface area (Å²) in [4.78, 5) is 43.3. The Hall–Kier alpha value is -2.64. The molecule has 0 amide bonds. The normalized spacial score (nSPS) is 10.1. The number of nitrogens with zero attached hydrogens (tertiary/aromatic N) is 2. The van der Waals surface area contributed by atoms with Crippen molar-refractivity contribution in [2.75, 3.05) is 0 Å². The maximum atomic E-state index is 11.9. The van der Waals surface area contributed by atoms with Gasteiger partial charge in [0.2, 0.25) is 0 Å². The molecule has 0 saturated heterocycles. The molecule has 0 atom stereocenters. The molecule has 0 heterocycles. The van der Waals surface area contributed by atoms with Gasteiger partial charge in [0.1, 0.15) is 5.78 Å². The number of rotatable bonds is 8. The molecule has 0 aromatic heterocycles. The number of carbonyl (C=O) groups excluding carboxylic acids is 2. The van der Waals surface area contributed by atoms with E-state index in [9.17, 15) is 29.8 Å². The molecule has 0 radical (unpaired) electrons. The predicted octanol–water partition coefficient (Wildman–Crippen LogP) is 2.84. The highest BCUT2D eigenvalue weighted by molar-refractivity contribution is 6.10. The zero-order valence-electron chi connectivity index (χ0n) is 11.4. The van der Waals surface area contributed by atoms with Crippen LogP contribution in [0.5, 0.6) is 0 Å². The summed E-state index contributed by atoms with van der Waals surface area (Å²) in [7, 11) is 0. The van der Waals surface area contributed by atoms with Crippen molar-refractivity contribution in [1.29, 1.82) is 0 Å². The van der Waals surface area contributed by atoms with Crippen molar-refractivity contribution in [2.45, 2.75) is 32.6 Å². The van der Waals surface area contributed by atoms with Gasteiger partial charge in [-0.1, -0.05) is 13.3 Å². The Kier molecular flexibility index (Phi) is 5.65. The van der Waals surface area contributed by atoms with E-state index in [-0.39, 0.29) is 17.8 Å². The largest absolute Gasteiger partial charge is 0.299 e. The first-order valence-electron chi connectivity index (χ1n) is 6.34. The Bertz CT molecular complexity index is 596. The van der Waals surface area contributed by atoms with Crippen LogP contribution in [0.4, 0.5) is 11.4 Å². The molecule has 1 aromatic rings. The second kappa shape index (κ2) is 7.22. The van der Waals surface area contributed by atoms with Crippen molar-refractivity contribution < 1.29 is 19.4 Å². The molecule has 0 aliphatic heterocycles. The molecule has 0 spiro atoms. The average Bonchev–Trinajstić information content (AvgIpc) is 2.44. The predicted molar refractivity (Wildman–Crippen MR) is 73.2 cm³/mol. The third-order valence-corrected chi connectivity index (χ3v) is 2.86. The maximum Gasteiger partial charge on any atom is 0.287 e. The van der Waals surface area contributed by atoms with Gasteiger partial charge >= 0.3 is 0 Å². The number of Topliss-reactive ketones (excluding diaryl/α,β-unsaturated/α-hetero) is 2. The van der Waals surface area contributed by atoms with Crippen LogP contribution in [0.25, 0.3) is 0 Å². The molecular weight excluding hydrogens is 280 g/mol. The van der Waals surface area contributed by atoms with E-state index in [4.69, 9.17) is 0 Å². The van der Waals surface area contributed by atoms with Crippen molar-refractivity contribution in [3.05, 3.63) is 44.0 Å². The molecule has 1 aromatic carbocycles. The van der Waals surface area contributed by atoms with Gasteiger partial charge in [0, 0.05) is 12.5 Å². The summed E-state index contributed by atoms with van der Waals surface area (Å²) < 4.78 is 0. The SMILES string of the molecule is CCCCC(=O)CC(=O)c1ccc([N+](=O)[O-])cc1[N+](=O)[O-]. The van der Waals surface area contributed by atoms with E-state index in [0.29, 0.717) is 6.42 Å². The minimum Gasteiger partial charge on any atom is -0.299 e. The second-order valence-electron chi connectivity index (χ2n) is 4.46. The van der Waals surface area contributed by atoms with Gasteiger partial charge in [-0.3, -0.25) is 29.8 Å². The van der Waals surface area contributed by atoms with Gasteiger partial charge in [-0.25, -0.2) is 0 Å². The molecule has 21 heavy (non-hydrogen) atoms. The lowest BCUT2D eigenvalue weighted by molar-refractivity contribution is -0.394. The van der Waals surface area contributed by atoms with Gasteiger partial charge < -0.3 is 0 Å². The number of ketones is 2. The number of benzene rings is 1. The van der Waals surface area contributed by atoms with Crippen LogP contribution < -0.4 is 0 Å². The quantitative estimate of drug-likeness (QED) is 0.314. The number of non-ortho nitro benzene ring substituents is 1. The van der Waals surface area contributed by atoms with E-state index >= 15 is 0 Å². The molecular formula is C13H14N2O6. The van der Waals surface area contributed by atoms with Crippen molar-refractivity contribution >= 4 is 22.9 Å². The summed E-state index contributed by atoms with van der Waals surface area (Å²) in [5.74, 6) is -0.993. The van der Waals surface area contributed by atoms with Crippen molar-refractivity contribution in [1.82, 2.24) is 0 Å². The number of hydrogen-bond donors (Lipinski definition) is 0. The maximum absolute atomic E-state index is 11.9. The fraction of sp³-hybridized carbons (Fsp3) is 0.385. The third-order valence-electron chi connectivity index (χ3n) is 2.86. The van der Waals surface area contributed by atoms with Gasteiger partial charge in [-0.05, 0) is 12.5 Å². The highest BCUT2D eigenvalue weighted by Gasteiger charge is 2.25. The minimum absolute atomic E-state index is 0.239. The number of unbranched alkanes of at least 4 members (excludes halogenated alkanes) is 1. The Morgan fingerprint density at radius 3 is 2.33 bits per heavy atom. The Balaban J connectivity index is 3.01. The number of nitro groups is 2. The summed E-state index contributed by atoms with van der Waals surface area (Å²) in [6.45, 7) is 1.90. The van der Waals surface area contributed by atoms with E-state index in [1.54, 1.807) is 0 Å². The third kappa shape index (κ3) is 4.44. The molecule has 0 fully saturated rings. The number of hydrogen-bond acceptors (Lipinski definition) is 6. The van der Waals surface area contributed by atoms with E-state index in [0.717, 1.165) is 24.6 Å². The first kappa shape index (κ1) is 16.4. The van der Waals surface area contributed by atoms with Crippen molar-refractivity contribution in [2.24, 2.45) is 0 Å². The van der Waals surface area contributed by atoms with Gasteiger partial charge in [0.15, 0.2) is 5.78 Å². The molecule has 8 nitrogen and oxygen atoms in total. The van der Waals surface area contributed by atoms with Crippen LogP contribution in [0.2, 0.25) is 0 Å². The average molecular weight is 294 g/mol. The fourth-order valence-electron chi connectivity index (χ4n) is 1.76. The molecule has 0 bridgehead atoms. The summed E-state index contributed by atoms with van der Waals surface area (Å²) in [5.41, 5.74) is -1.41. The van der Waals surface area contributed by atoms with Crippen LogP contribution in [-0.4, -0.2) is 21.4 Å². The van der Waals surface area contributed by atoms with Crippen LogP contribution in [0, 0.1) is 20.2 Å². The topological polar surface area (TPSA) is 120 Å². The zero-order valence-corrected chi connectivity index (χ0v) is 11.4. The highest BCUT2D eigenvalue weighted by atomic mass is 16.6. The summed E-state index contributed by atoms with van der Waals surface area (Å²) in [6, 6.07) is 2.76. The monoisotopic (exact) mass is 294 g/mol. The van der Waals surface area contributed by atoms with Crippen LogP contribution in [0.3, 0.4) is 0 Å². The standard InChI is InChI=1S/C13H14N2O6/c1-2-3-4-10(16)8-13(17)11-6-5-9(14(18)19)7-12(11)15(20)21/h5-7H,2-4,8H2,1H3. The Morgan fingerprint density at radius 1 is 1.14 bits per heavy atom. The van der Waals surface area contributed by atoms with E-state index in [1.165, 1.54) is 0 Å². The lowest BCUT2D eigenvalue weighted by atomic mass is 10.0.